The normalized spacial score (nSPS) is 36.5. The van der Waals surface area contributed by atoms with E-state index in [0.717, 1.165) is 38.6 Å². The summed E-state index contributed by atoms with van der Waals surface area (Å²) in [6.07, 6.45) is 5.47. The van der Waals surface area contributed by atoms with Gasteiger partial charge in [0.1, 0.15) is 5.60 Å². The highest BCUT2D eigenvalue weighted by molar-refractivity contribution is 5.87. The maximum absolute atomic E-state index is 12.4. The van der Waals surface area contributed by atoms with Crippen molar-refractivity contribution in [2.24, 2.45) is 5.92 Å². The quantitative estimate of drug-likeness (QED) is 0.736. The summed E-state index contributed by atoms with van der Waals surface area (Å²) in [4.78, 5) is 14.2. The van der Waals surface area contributed by atoms with Crippen molar-refractivity contribution in [1.82, 2.24) is 10.2 Å². The van der Waals surface area contributed by atoms with Gasteiger partial charge in [-0.1, -0.05) is 0 Å². The van der Waals surface area contributed by atoms with Crippen LogP contribution in [0.4, 0.5) is 0 Å². The zero-order valence-electron chi connectivity index (χ0n) is 10.5. The maximum Gasteiger partial charge on any atom is 0.242 e. The number of aliphatic hydroxyl groups is 1. The van der Waals surface area contributed by atoms with Crippen molar-refractivity contribution in [3.63, 3.8) is 0 Å². The van der Waals surface area contributed by atoms with Gasteiger partial charge in [0.15, 0.2) is 0 Å². The van der Waals surface area contributed by atoms with Crippen molar-refractivity contribution < 1.29 is 9.90 Å². The molecule has 17 heavy (non-hydrogen) atoms. The zero-order chi connectivity index (χ0) is 12.1. The molecular formula is C13H22N2O2. The number of nitrogens with zero attached hydrogens (tertiary/aromatic N) is 1. The molecule has 0 spiro atoms. The van der Waals surface area contributed by atoms with Gasteiger partial charge in [-0.15, -0.1) is 0 Å². The summed E-state index contributed by atoms with van der Waals surface area (Å²) in [5, 5.41) is 13.6. The molecule has 1 unspecified atom stereocenters. The number of rotatable bonds is 2. The number of piperidine rings is 1. The lowest BCUT2D eigenvalue weighted by atomic mass is 9.83. The van der Waals surface area contributed by atoms with Gasteiger partial charge in [0.2, 0.25) is 5.91 Å². The van der Waals surface area contributed by atoms with Gasteiger partial charge in [-0.05, 0) is 51.5 Å². The smallest absolute Gasteiger partial charge is 0.242 e. The van der Waals surface area contributed by atoms with Crippen LogP contribution < -0.4 is 5.32 Å². The molecule has 0 aromatic carbocycles. The van der Waals surface area contributed by atoms with Crippen LogP contribution in [0.25, 0.3) is 0 Å². The summed E-state index contributed by atoms with van der Waals surface area (Å²) in [5.41, 5.74) is -0.941. The minimum Gasteiger partial charge on any atom is -0.386 e. The second-order valence-corrected chi connectivity index (χ2v) is 6.26. The van der Waals surface area contributed by atoms with Crippen molar-refractivity contribution in [2.45, 2.75) is 50.2 Å². The van der Waals surface area contributed by atoms with E-state index in [1.807, 2.05) is 11.8 Å². The number of hydrogen-bond donors (Lipinski definition) is 2. The molecule has 0 bridgehead atoms. The Morgan fingerprint density at radius 3 is 2.59 bits per heavy atom. The van der Waals surface area contributed by atoms with Crippen LogP contribution in [0.3, 0.4) is 0 Å². The molecule has 2 aliphatic heterocycles. The Hall–Kier alpha value is -0.610. The number of amides is 1. The molecule has 0 radical (unpaired) electrons. The molecule has 3 rings (SSSR count). The largest absolute Gasteiger partial charge is 0.386 e. The van der Waals surface area contributed by atoms with Crippen LogP contribution in [0, 0.1) is 5.92 Å². The van der Waals surface area contributed by atoms with Gasteiger partial charge in [0.25, 0.3) is 0 Å². The molecule has 1 atom stereocenters. The Morgan fingerprint density at radius 1 is 1.35 bits per heavy atom. The Kier molecular flexibility index (Phi) is 2.49. The highest BCUT2D eigenvalue weighted by Crippen LogP contribution is 2.45. The molecule has 3 aliphatic rings. The summed E-state index contributed by atoms with van der Waals surface area (Å²) in [7, 11) is 0. The van der Waals surface area contributed by atoms with E-state index in [4.69, 9.17) is 0 Å². The van der Waals surface area contributed by atoms with Crippen LogP contribution in [0.1, 0.15) is 39.0 Å². The van der Waals surface area contributed by atoms with E-state index in [0.29, 0.717) is 19.0 Å². The zero-order valence-corrected chi connectivity index (χ0v) is 10.5. The predicted molar refractivity (Wildman–Crippen MR) is 64.5 cm³/mol. The van der Waals surface area contributed by atoms with Gasteiger partial charge < -0.3 is 15.3 Å². The maximum atomic E-state index is 12.4. The highest BCUT2D eigenvalue weighted by atomic mass is 16.3. The monoisotopic (exact) mass is 238 g/mol. The van der Waals surface area contributed by atoms with Crippen LogP contribution in [0.2, 0.25) is 0 Å². The second kappa shape index (κ2) is 3.69. The Labute approximate surface area is 102 Å². The van der Waals surface area contributed by atoms with Crippen LogP contribution in [0.15, 0.2) is 0 Å². The summed E-state index contributed by atoms with van der Waals surface area (Å²) < 4.78 is 0. The van der Waals surface area contributed by atoms with Crippen LogP contribution in [-0.2, 0) is 4.79 Å². The fourth-order valence-corrected chi connectivity index (χ4v) is 3.22. The lowest BCUT2D eigenvalue weighted by molar-refractivity contribution is -0.166. The third-order valence-electron chi connectivity index (χ3n) is 4.64. The van der Waals surface area contributed by atoms with Gasteiger partial charge >= 0.3 is 0 Å². The van der Waals surface area contributed by atoms with Crippen LogP contribution in [0.5, 0.6) is 0 Å². The number of hydrogen-bond acceptors (Lipinski definition) is 3. The molecule has 0 aromatic heterocycles. The molecule has 3 fully saturated rings. The van der Waals surface area contributed by atoms with Crippen LogP contribution >= 0.6 is 0 Å². The molecule has 4 nitrogen and oxygen atoms in total. The van der Waals surface area contributed by atoms with E-state index in [1.165, 1.54) is 0 Å². The molecule has 2 heterocycles. The molecule has 2 saturated heterocycles. The number of nitrogens with one attached hydrogen (secondary N) is 1. The number of carbonyl (C=O) groups excluding carboxylic acids is 1. The van der Waals surface area contributed by atoms with Gasteiger partial charge in [-0.2, -0.15) is 0 Å². The Balaban J connectivity index is 1.60. The topological polar surface area (TPSA) is 52.6 Å². The van der Waals surface area contributed by atoms with E-state index in [-0.39, 0.29) is 11.4 Å². The fraction of sp³-hybridized carbons (Fsp3) is 0.923. The molecule has 4 heteroatoms. The van der Waals surface area contributed by atoms with Crippen LogP contribution in [-0.4, -0.2) is 46.7 Å². The van der Waals surface area contributed by atoms with E-state index in [2.05, 4.69) is 5.32 Å². The van der Waals surface area contributed by atoms with Crippen molar-refractivity contribution >= 4 is 5.91 Å². The average molecular weight is 238 g/mol. The first-order valence-corrected chi connectivity index (χ1v) is 6.80. The molecule has 96 valence electrons. The molecule has 1 aliphatic carbocycles. The first-order chi connectivity index (χ1) is 8.04. The second-order valence-electron chi connectivity index (χ2n) is 6.26. The third-order valence-corrected chi connectivity index (χ3v) is 4.64. The first-order valence-electron chi connectivity index (χ1n) is 6.80. The van der Waals surface area contributed by atoms with E-state index in [9.17, 15) is 9.90 Å². The lowest BCUT2D eigenvalue weighted by Crippen LogP contribution is -2.70. The molecule has 0 aromatic rings. The molecule has 1 saturated carbocycles. The SMILES string of the molecule is CC1(C(=O)N2CC(O)(C3CC3)C2)CCCCN1. The minimum absolute atomic E-state index is 0.183. The Morgan fingerprint density at radius 2 is 2.06 bits per heavy atom. The average Bonchev–Trinajstić information content (AvgIpc) is 3.09. The summed E-state index contributed by atoms with van der Waals surface area (Å²) >= 11 is 0. The molecule has 2 N–H and O–H groups in total. The van der Waals surface area contributed by atoms with Crippen molar-refractivity contribution in [3.05, 3.63) is 0 Å². The standard InChI is InChI=1S/C13H22N2O2/c1-12(6-2-3-7-14-12)11(16)15-8-13(17,9-15)10-4-5-10/h10,14,17H,2-9H2,1H3. The summed E-state index contributed by atoms with van der Waals surface area (Å²) in [6.45, 7) is 4.04. The van der Waals surface area contributed by atoms with Gasteiger partial charge in [0, 0.05) is 0 Å². The lowest BCUT2D eigenvalue weighted by Gasteiger charge is -2.50. The number of β-amino-alcohol motifs (C(OH)–C–C–N with tert-alkyl or cyclic N) is 1. The van der Waals surface area contributed by atoms with E-state index in [1.54, 1.807) is 0 Å². The number of likely N-dealkylation sites (tertiary alicyclic amines) is 1. The first kappa shape index (κ1) is 11.5. The third kappa shape index (κ3) is 1.87. The molecule has 1 amide bonds. The van der Waals surface area contributed by atoms with E-state index < -0.39 is 5.60 Å². The van der Waals surface area contributed by atoms with Crippen molar-refractivity contribution in [2.75, 3.05) is 19.6 Å². The molecular weight excluding hydrogens is 216 g/mol. The van der Waals surface area contributed by atoms with Crippen molar-refractivity contribution in [1.29, 1.82) is 0 Å². The van der Waals surface area contributed by atoms with Gasteiger partial charge in [-0.25, -0.2) is 0 Å². The number of carbonyl (C=O) groups is 1. The summed E-state index contributed by atoms with van der Waals surface area (Å²) in [6, 6.07) is 0. The van der Waals surface area contributed by atoms with Crippen molar-refractivity contribution in [3.8, 4) is 0 Å². The Bertz CT molecular complexity index is 326. The van der Waals surface area contributed by atoms with Gasteiger partial charge in [0.05, 0.1) is 18.6 Å². The highest BCUT2D eigenvalue weighted by Gasteiger charge is 2.55. The predicted octanol–water partition coefficient (Wildman–Crippen LogP) is 0.502. The fourth-order valence-electron chi connectivity index (χ4n) is 3.22. The van der Waals surface area contributed by atoms with Gasteiger partial charge in [-0.3, -0.25) is 4.79 Å². The summed E-state index contributed by atoms with van der Waals surface area (Å²) in [5.74, 6) is 0.640. The van der Waals surface area contributed by atoms with E-state index >= 15 is 0 Å². The minimum atomic E-state index is -0.555.